The second-order valence-electron chi connectivity index (χ2n) is 5.49. The molecule has 0 aliphatic rings. The summed E-state index contributed by atoms with van der Waals surface area (Å²) in [6.45, 7) is 1.74. The minimum atomic E-state index is -3.88. The van der Waals surface area contributed by atoms with Crippen molar-refractivity contribution in [1.82, 2.24) is 4.31 Å². The summed E-state index contributed by atoms with van der Waals surface area (Å²) in [5.74, 6) is -0.138. The van der Waals surface area contributed by atoms with E-state index in [1.165, 1.54) is 24.5 Å². The lowest BCUT2D eigenvalue weighted by molar-refractivity contribution is 0.0602. The number of hydrogen-bond donors (Lipinski definition) is 0. The molecule has 25 heavy (non-hydrogen) atoms. The summed E-state index contributed by atoms with van der Waals surface area (Å²) < 4.78 is 37.5. The molecule has 0 bridgehead atoms. The van der Waals surface area contributed by atoms with Crippen molar-refractivity contribution < 1.29 is 22.4 Å². The fourth-order valence-electron chi connectivity index (χ4n) is 2.49. The van der Waals surface area contributed by atoms with Crippen molar-refractivity contribution in [3.05, 3.63) is 52.4 Å². The first-order valence-corrected chi connectivity index (χ1v) is 9.80. The van der Waals surface area contributed by atoms with Crippen LogP contribution in [0.1, 0.15) is 28.4 Å². The van der Waals surface area contributed by atoms with Crippen LogP contribution < -0.4 is 0 Å². The Morgan fingerprint density at radius 1 is 1.28 bits per heavy atom. The largest absolute Gasteiger partial charge is 0.465 e. The minimum Gasteiger partial charge on any atom is -0.465 e. The number of carbonyl (C=O) groups excluding carboxylic acids is 1. The summed E-state index contributed by atoms with van der Waals surface area (Å²) in [5, 5.41) is 2.46. The molecule has 0 aliphatic carbocycles. The van der Waals surface area contributed by atoms with Gasteiger partial charge in [-0.15, -0.1) is 11.3 Å². The maximum atomic E-state index is 12.9. The zero-order valence-electron chi connectivity index (χ0n) is 13.9. The van der Waals surface area contributed by atoms with Gasteiger partial charge in [-0.2, -0.15) is 4.31 Å². The number of benzene rings is 1. The van der Waals surface area contributed by atoms with E-state index in [1.807, 2.05) is 30.3 Å². The highest BCUT2D eigenvalue weighted by atomic mass is 32.2. The Hall–Kier alpha value is -2.16. The molecule has 8 heteroatoms. The van der Waals surface area contributed by atoms with Gasteiger partial charge in [-0.1, -0.05) is 18.2 Å². The molecule has 3 rings (SSSR count). The van der Waals surface area contributed by atoms with Crippen molar-refractivity contribution >= 4 is 38.3 Å². The van der Waals surface area contributed by atoms with Gasteiger partial charge in [-0.05, 0) is 30.5 Å². The van der Waals surface area contributed by atoms with Crippen LogP contribution in [0.2, 0.25) is 0 Å². The molecule has 0 spiro atoms. The van der Waals surface area contributed by atoms with Crippen molar-refractivity contribution in [3.8, 4) is 0 Å². The SMILES string of the molecule is COC(=O)c1sccc1S(=O)(=O)N(C)C(C)c1cc2ccccc2o1. The third-order valence-corrected chi connectivity index (χ3v) is 7.05. The van der Waals surface area contributed by atoms with Crippen LogP contribution in [0.5, 0.6) is 0 Å². The number of hydrogen-bond acceptors (Lipinski definition) is 6. The Morgan fingerprint density at radius 3 is 2.68 bits per heavy atom. The predicted molar refractivity (Wildman–Crippen MR) is 95.2 cm³/mol. The third kappa shape index (κ3) is 3.08. The lowest BCUT2D eigenvalue weighted by Gasteiger charge is -2.22. The molecule has 1 atom stereocenters. The molecule has 1 aromatic carbocycles. The molecule has 0 saturated carbocycles. The topological polar surface area (TPSA) is 76.8 Å². The first kappa shape index (κ1) is 17.7. The minimum absolute atomic E-state index is 0.0604. The average Bonchev–Trinajstić information content (AvgIpc) is 3.26. The van der Waals surface area contributed by atoms with Gasteiger partial charge in [-0.3, -0.25) is 0 Å². The molecule has 2 heterocycles. The van der Waals surface area contributed by atoms with E-state index in [1.54, 1.807) is 12.3 Å². The molecule has 6 nitrogen and oxygen atoms in total. The fraction of sp³-hybridized carbons (Fsp3) is 0.235. The third-order valence-electron chi connectivity index (χ3n) is 4.06. The average molecular weight is 379 g/mol. The highest BCUT2D eigenvalue weighted by Crippen LogP contribution is 2.32. The van der Waals surface area contributed by atoms with Gasteiger partial charge >= 0.3 is 5.97 Å². The smallest absolute Gasteiger partial charge is 0.349 e. The van der Waals surface area contributed by atoms with Crippen molar-refractivity contribution in [2.24, 2.45) is 0 Å². The van der Waals surface area contributed by atoms with Crippen molar-refractivity contribution in [2.75, 3.05) is 14.2 Å². The Kier molecular flexibility index (Phi) is 4.68. The second kappa shape index (κ2) is 6.62. The van der Waals surface area contributed by atoms with Gasteiger partial charge in [0, 0.05) is 12.4 Å². The van der Waals surface area contributed by atoms with Gasteiger partial charge in [0.2, 0.25) is 10.0 Å². The lowest BCUT2D eigenvalue weighted by Crippen LogP contribution is -2.30. The van der Waals surface area contributed by atoms with Gasteiger partial charge in [0.1, 0.15) is 21.1 Å². The van der Waals surface area contributed by atoms with Crippen LogP contribution in [0.15, 0.2) is 51.1 Å². The van der Waals surface area contributed by atoms with Crippen LogP contribution in [-0.2, 0) is 14.8 Å². The number of ether oxygens (including phenoxy) is 1. The predicted octanol–water partition coefficient (Wildman–Crippen LogP) is 3.66. The fourth-order valence-corrected chi connectivity index (χ4v) is 5.13. The summed E-state index contributed by atoms with van der Waals surface area (Å²) in [6.07, 6.45) is 0. The number of carbonyl (C=O) groups is 1. The zero-order valence-corrected chi connectivity index (χ0v) is 15.6. The first-order valence-electron chi connectivity index (χ1n) is 7.48. The van der Waals surface area contributed by atoms with Gasteiger partial charge in [-0.25, -0.2) is 13.2 Å². The molecule has 0 fully saturated rings. The number of furan rings is 1. The number of sulfonamides is 1. The van der Waals surface area contributed by atoms with Crippen LogP contribution >= 0.6 is 11.3 Å². The summed E-state index contributed by atoms with van der Waals surface area (Å²) in [5.41, 5.74) is 0.695. The zero-order chi connectivity index (χ0) is 18.2. The molecule has 0 radical (unpaired) electrons. The molecule has 1 unspecified atom stereocenters. The van der Waals surface area contributed by atoms with E-state index >= 15 is 0 Å². The van der Waals surface area contributed by atoms with Crippen LogP contribution in [0, 0.1) is 0 Å². The molecule has 0 saturated heterocycles. The number of esters is 1. The van der Waals surface area contributed by atoms with Gasteiger partial charge in [0.15, 0.2) is 0 Å². The number of methoxy groups -OCH3 is 1. The molecule has 132 valence electrons. The van der Waals surface area contributed by atoms with E-state index in [0.717, 1.165) is 16.7 Å². The van der Waals surface area contributed by atoms with E-state index in [2.05, 4.69) is 4.74 Å². The van der Waals surface area contributed by atoms with Crippen LogP contribution in [0.25, 0.3) is 11.0 Å². The molecule has 2 aromatic heterocycles. The number of nitrogens with zero attached hydrogens (tertiary/aromatic N) is 1. The highest BCUT2D eigenvalue weighted by molar-refractivity contribution is 7.89. The van der Waals surface area contributed by atoms with Crippen molar-refractivity contribution in [3.63, 3.8) is 0 Å². The van der Waals surface area contributed by atoms with Gasteiger partial charge in [0.05, 0.1) is 13.2 Å². The van der Waals surface area contributed by atoms with Gasteiger partial charge in [0.25, 0.3) is 0 Å². The quantitative estimate of drug-likeness (QED) is 0.632. The van der Waals surface area contributed by atoms with Crippen LogP contribution in [0.4, 0.5) is 0 Å². The van der Waals surface area contributed by atoms with Crippen LogP contribution in [-0.4, -0.2) is 32.8 Å². The number of rotatable bonds is 5. The monoisotopic (exact) mass is 379 g/mol. The molecule has 0 amide bonds. The summed E-state index contributed by atoms with van der Waals surface area (Å²) in [6, 6.07) is 10.2. The Labute approximate surface area is 149 Å². The summed E-state index contributed by atoms with van der Waals surface area (Å²) in [7, 11) is -1.20. The van der Waals surface area contributed by atoms with Crippen LogP contribution in [0.3, 0.4) is 0 Å². The van der Waals surface area contributed by atoms with E-state index in [0.29, 0.717) is 11.3 Å². The Bertz CT molecular complexity index is 986. The molecule has 0 N–H and O–H groups in total. The first-order chi connectivity index (χ1) is 11.9. The Balaban J connectivity index is 1.97. The molecule has 0 aliphatic heterocycles. The molecular weight excluding hydrogens is 362 g/mol. The maximum Gasteiger partial charge on any atom is 0.349 e. The van der Waals surface area contributed by atoms with E-state index in [9.17, 15) is 13.2 Å². The van der Waals surface area contributed by atoms with E-state index < -0.39 is 22.0 Å². The molecular formula is C17H17NO5S2. The normalized spacial score (nSPS) is 13.3. The van der Waals surface area contributed by atoms with E-state index in [4.69, 9.17) is 4.42 Å². The van der Waals surface area contributed by atoms with Gasteiger partial charge < -0.3 is 9.15 Å². The Morgan fingerprint density at radius 2 is 2.00 bits per heavy atom. The number of fused-ring (bicyclic) bond motifs is 1. The molecule has 3 aromatic rings. The second-order valence-corrected chi connectivity index (χ2v) is 8.37. The summed E-state index contributed by atoms with van der Waals surface area (Å²) >= 11 is 1.03. The summed E-state index contributed by atoms with van der Waals surface area (Å²) in [4.78, 5) is 11.8. The number of thiophene rings is 1. The number of para-hydroxylation sites is 1. The van der Waals surface area contributed by atoms with Crippen molar-refractivity contribution in [2.45, 2.75) is 17.9 Å². The van der Waals surface area contributed by atoms with E-state index in [-0.39, 0.29) is 9.77 Å². The van der Waals surface area contributed by atoms with Crippen molar-refractivity contribution in [1.29, 1.82) is 0 Å². The maximum absolute atomic E-state index is 12.9. The highest BCUT2D eigenvalue weighted by Gasteiger charge is 2.32. The lowest BCUT2D eigenvalue weighted by atomic mass is 10.2. The standard InChI is InChI=1S/C17H17NO5S2/c1-11(14-10-12-6-4-5-7-13(12)23-14)18(2)25(20,21)15-8-9-24-16(15)17(19)22-3/h4-11H,1-3H3.